The van der Waals surface area contributed by atoms with Crippen molar-refractivity contribution in [2.45, 2.75) is 65.2 Å². The van der Waals surface area contributed by atoms with Gasteiger partial charge in [-0.3, -0.25) is 0 Å². The molecule has 1 saturated carbocycles. The molecule has 0 heterocycles. The third-order valence-electron chi connectivity index (χ3n) is 6.26. The van der Waals surface area contributed by atoms with E-state index in [9.17, 15) is 13.6 Å². The van der Waals surface area contributed by atoms with Gasteiger partial charge in [-0.2, -0.15) is 4.39 Å². The standard InChI is InChI=1S/C26H32F2O3/c1-3-17-30-22-14-11-21(12-15-22)26(29)31-23-16-13-20(24(27)25(23)28)10-9-19-7-5-18(4-2)6-8-19/h11-16,18-19H,3-10,17H2,1-2H3. The molecule has 0 aromatic heterocycles. The molecule has 1 aliphatic rings. The minimum absolute atomic E-state index is 0.246. The second-order valence-corrected chi connectivity index (χ2v) is 8.45. The summed E-state index contributed by atoms with van der Waals surface area (Å²) < 4.78 is 39.7. The summed E-state index contributed by atoms with van der Waals surface area (Å²) in [6.07, 6.45) is 8.27. The van der Waals surface area contributed by atoms with Gasteiger partial charge in [-0.05, 0) is 67.0 Å². The smallest absolute Gasteiger partial charge is 0.343 e. The number of hydrogen-bond donors (Lipinski definition) is 0. The molecule has 0 amide bonds. The number of esters is 1. The van der Waals surface area contributed by atoms with Crippen LogP contribution in [0.25, 0.3) is 0 Å². The molecule has 0 spiro atoms. The Kier molecular flexibility index (Phi) is 8.44. The van der Waals surface area contributed by atoms with Crippen LogP contribution in [-0.2, 0) is 6.42 Å². The first-order chi connectivity index (χ1) is 15.0. The van der Waals surface area contributed by atoms with Gasteiger partial charge in [0, 0.05) is 0 Å². The quantitative estimate of drug-likeness (QED) is 0.314. The van der Waals surface area contributed by atoms with Crippen LogP contribution in [0.15, 0.2) is 36.4 Å². The summed E-state index contributed by atoms with van der Waals surface area (Å²) >= 11 is 0. The van der Waals surface area contributed by atoms with Gasteiger partial charge in [-0.25, -0.2) is 9.18 Å². The van der Waals surface area contributed by atoms with Crippen LogP contribution in [0.3, 0.4) is 0 Å². The molecule has 0 bridgehead atoms. The van der Waals surface area contributed by atoms with Gasteiger partial charge in [0.15, 0.2) is 11.6 Å². The lowest BCUT2D eigenvalue weighted by Gasteiger charge is -2.27. The van der Waals surface area contributed by atoms with Crippen molar-refractivity contribution in [3.8, 4) is 11.5 Å². The number of carbonyl (C=O) groups excluding carboxylic acids is 1. The minimum Gasteiger partial charge on any atom is -0.494 e. The highest BCUT2D eigenvalue weighted by atomic mass is 19.2. The molecule has 0 atom stereocenters. The van der Waals surface area contributed by atoms with Gasteiger partial charge in [0.1, 0.15) is 5.75 Å². The van der Waals surface area contributed by atoms with E-state index in [-0.39, 0.29) is 11.3 Å². The predicted molar refractivity (Wildman–Crippen MR) is 118 cm³/mol. The van der Waals surface area contributed by atoms with E-state index in [4.69, 9.17) is 9.47 Å². The molecule has 0 saturated heterocycles. The van der Waals surface area contributed by atoms with E-state index in [1.807, 2.05) is 6.92 Å². The van der Waals surface area contributed by atoms with Gasteiger partial charge < -0.3 is 9.47 Å². The normalized spacial score (nSPS) is 18.6. The minimum atomic E-state index is -1.11. The van der Waals surface area contributed by atoms with E-state index in [0.29, 0.717) is 30.3 Å². The molecule has 3 nitrogen and oxygen atoms in total. The lowest BCUT2D eigenvalue weighted by atomic mass is 9.78. The maximum atomic E-state index is 14.6. The van der Waals surface area contributed by atoms with Gasteiger partial charge in [0.25, 0.3) is 0 Å². The van der Waals surface area contributed by atoms with E-state index in [1.165, 1.54) is 44.2 Å². The van der Waals surface area contributed by atoms with Crippen LogP contribution in [0, 0.1) is 23.5 Å². The van der Waals surface area contributed by atoms with Gasteiger partial charge in [0.05, 0.1) is 12.2 Å². The second kappa shape index (κ2) is 11.3. The Morgan fingerprint density at radius 1 is 0.935 bits per heavy atom. The van der Waals surface area contributed by atoms with Crippen LogP contribution in [0.5, 0.6) is 11.5 Å². The fourth-order valence-corrected chi connectivity index (χ4v) is 4.20. The maximum absolute atomic E-state index is 14.6. The molecule has 168 valence electrons. The zero-order chi connectivity index (χ0) is 22.2. The third kappa shape index (κ3) is 6.28. The van der Waals surface area contributed by atoms with Gasteiger partial charge in [-0.1, -0.05) is 52.0 Å². The lowest BCUT2D eigenvalue weighted by Crippen LogP contribution is -2.15. The number of carbonyl (C=O) groups is 1. The van der Waals surface area contributed by atoms with E-state index >= 15 is 0 Å². The molecule has 31 heavy (non-hydrogen) atoms. The van der Waals surface area contributed by atoms with E-state index in [1.54, 1.807) is 24.3 Å². The molecular formula is C26H32F2O3. The lowest BCUT2D eigenvalue weighted by molar-refractivity contribution is 0.0726. The highest BCUT2D eigenvalue weighted by Crippen LogP contribution is 2.34. The van der Waals surface area contributed by atoms with Crippen LogP contribution < -0.4 is 9.47 Å². The van der Waals surface area contributed by atoms with Crippen molar-refractivity contribution in [1.82, 2.24) is 0 Å². The van der Waals surface area contributed by atoms with Gasteiger partial charge in [0.2, 0.25) is 5.82 Å². The Morgan fingerprint density at radius 2 is 1.61 bits per heavy atom. The Balaban J connectivity index is 1.57. The molecule has 0 aliphatic heterocycles. The summed E-state index contributed by atoms with van der Waals surface area (Å²) in [7, 11) is 0. The molecule has 0 radical (unpaired) electrons. The average Bonchev–Trinajstić information content (AvgIpc) is 2.80. The van der Waals surface area contributed by atoms with Crippen molar-refractivity contribution in [3.63, 3.8) is 0 Å². The summed E-state index contributed by atoms with van der Waals surface area (Å²) in [4.78, 5) is 12.3. The number of hydrogen-bond acceptors (Lipinski definition) is 3. The first-order valence-electron chi connectivity index (χ1n) is 11.4. The largest absolute Gasteiger partial charge is 0.494 e. The SMILES string of the molecule is CCCOc1ccc(C(=O)Oc2ccc(CCC3CCC(CC)CC3)c(F)c2F)cc1. The van der Waals surface area contributed by atoms with Crippen molar-refractivity contribution < 1.29 is 23.0 Å². The highest BCUT2D eigenvalue weighted by molar-refractivity contribution is 5.91. The topological polar surface area (TPSA) is 35.5 Å². The zero-order valence-corrected chi connectivity index (χ0v) is 18.5. The van der Waals surface area contributed by atoms with Crippen LogP contribution in [-0.4, -0.2) is 12.6 Å². The first kappa shape index (κ1) is 23.2. The van der Waals surface area contributed by atoms with E-state index in [0.717, 1.165) is 18.8 Å². The fourth-order valence-electron chi connectivity index (χ4n) is 4.20. The molecule has 2 aromatic carbocycles. The summed E-state index contributed by atoms with van der Waals surface area (Å²) in [6.45, 7) is 4.82. The molecule has 0 unspecified atom stereocenters. The molecule has 1 aliphatic carbocycles. The van der Waals surface area contributed by atoms with Gasteiger partial charge in [-0.15, -0.1) is 0 Å². The number of ether oxygens (including phenoxy) is 2. The summed E-state index contributed by atoms with van der Waals surface area (Å²) in [6, 6.07) is 9.27. The molecule has 0 N–H and O–H groups in total. The Labute approximate surface area is 183 Å². The summed E-state index contributed by atoms with van der Waals surface area (Å²) in [5.74, 6) is -1.12. The predicted octanol–water partition coefficient (Wildman–Crippen LogP) is 7.12. The Morgan fingerprint density at radius 3 is 2.26 bits per heavy atom. The number of rotatable bonds is 9. The Bertz CT molecular complexity index is 856. The number of halogens is 2. The van der Waals surface area contributed by atoms with Crippen molar-refractivity contribution in [2.24, 2.45) is 11.8 Å². The number of aryl methyl sites for hydroxylation is 1. The first-order valence-corrected chi connectivity index (χ1v) is 11.4. The summed E-state index contributed by atoms with van der Waals surface area (Å²) in [5, 5.41) is 0. The third-order valence-corrected chi connectivity index (χ3v) is 6.26. The van der Waals surface area contributed by atoms with Crippen molar-refractivity contribution in [1.29, 1.82) is 0 Å². The van der Waals surface area contributed by atoms with Crippen LogP contribution in [0.2, 0.25) is 0 Å². The fraction of sp³-hybridized carbons (Fsp3) is 0.500. The molecule has 2 aromatic rings. The van der Waals surface area contributed by atoms with E-state index in [2.05, 4.69) is 6.92 Å². The zero-order valence-electron chi connectivity index (χ0n) is 18.5. The van der Waals surface area contributed by atoms with Crippen LogP contribution >= 0.6 is 0 Å². The van der Waals surface area contributed by atoms with Crippen molar-refractivity contribution >= 4 is 5.97 Å². The van der Waals surface area contributed by atoms with Crippen molar-refractivity contribution in [3.05, 3.63) is 59.2 Å². The monoisotopic (exact) mass is 430 g/mol. The van der Waals surface area contributed by atoms with E-state index < -0.39 is 17.6 Å². The average molecular weight is 431 g/mol. The number of benzene rings is 2. The Hall–Kier alpha value is -2.43. The highest BCUT2D eigenvalue weighted by Gasteiger charge is 2.22. The molecule has 1 fully saturated rings. The molecular weight excluding hydrogens is 398 g/mol. The van der Waals surface area contributed by atoms with Crippen LogP contribution in [0.4, 0.5) is 8.78 Å². The van der Waals surface area contributed by atoms with Gasteiger partial charge >= 0.3 is 5.97 Å². The summed E-state index contributed by atoms with van der Waals surface area (Å²) in [5.41, 5.74) is 0.586. The second-order valence-electron chi connectivity index (χ2n) is 8.45. The maximum Gasteiger partial charge on any atom is 0.343 e. The van der Waals surface area contributed by atoms with Crippen LogP contribution in [0.1, 0.15) is 74.7 Å². The van der Waals surface area contributed by atoms with Crippen molar-refractivity contribution in [2.75, 3.05) is 6.61 Å². The molecule has 3 rings (SSSR count). The molecule has 5 heteroatoms.